The Kier molecular flexibility index (Phi) is 3.72. The van der Waals surface area contributed by atoms with Gasteiger partial charge >= 0.3 is 0 Å². The summed E-state index contributed by atoms with van der Waals surface area (Å²) >= 11 is 5.77. The second-order valence-electron chi connectivity index (χ2n) is 4.54. The van der Waals surface area contributed by atoms with Crippen LogP contribution < -0.4 is 4.74 Å². The van der Waals surface area contributed by atoms with Crippen molar-refractivity contribution in [2.75, 3.05) is 0 Å². The number of nitriles is 1. The van der Waals surface area contributed by atoms with Gasteiger partial charge in [-0.3, -0.25) is 4.98 Å². The molecule has 0 spiro atoms. The molecule has 0 fully saturated rings. The first kappa shape index (κ1) is 13.4. The van der Waals surface area contributed by atoms with Crippen LogP contribution in [-0.4, -0.2) is 4.98 Å². The van der Waals surface area contributed by atoms with Crippen molar-refractivity contribution in [3.05, 3.63) is 65.9 Å². The topological polar surface area (TPSA) is 45.9 Å². The summed E-state index contributed by atoms with van der Waals surface area (Å²) in [6.45, 7) is 0. The van der Waals surface area contributed by atoms with Gasteiger partial charge in [0.05, 0.1) is 17.3 Å². The van der Waals surface area contributed by atoms with Gasteiger partial charge in [0.1, 0.15) is 17.6 Å². The Bertz CT molecular complexity index is 840. The van der Waals surface area contributed by atoms with E-state index in [2.05, 4.69) is 11.1 Å². The average molecular weight is 295 g/mol. The van der Waals surface area contributed by atoms with Crippen molar-refractivity contribution in [1.29, 1.82) is 5.26 Å². The van der Waals surface area contributed by atoms with E-state index in [-0.39, 0.29) is 0 Å². The van der Waals surface area contributed by atoms with Crippen LogP contribution in [-0.2, 0) is 5.88 Å². The summed E-state index contributed by atoms with van der Waals surface area (Å²) in [7, 11) is 0. The molecule has 0 amide bonds. The van der Waals surface area contributed by atoms with E-state index in [9.17, 15) is 5.26 Å². The van der Waals surface area contributed by atoms with Crippen molar-refractivity contribution in [3.8, 4) is 17.6 Å². The second kappa shape index (κ2) is 5.82. The monoisotopic (exact) mass is 294 g/mol. The number of benzene rings is 2. The van der Waals surface area contributed by atoms with Gasteiger partial charge in [0.2, 0.25) is 0 Å². The molecule has 1 heterocycles. The van der Waals surface area contributed by atoms with Gasteiger partial charge in [-0.15, -0.1) is 11.6 Å². The van der Waals surface area contributed by atoms with Crippen molar-refractivity contribution in [3.63, 3.8) is 0 Å². The second-order valence-corrected chi connectivity index (χ2v) is 4.81. The normalized spacial score (nSPS) is 10.3. The standard InChI is InChI=1S/C17H11ClN2O/c18-9-12-5-6-17(14(7-12)10-19)21-15-8-13-3-1-2-4-16(13)20-11-15/h1-8,11H,9H2. The molecule has 21 heavy (non-hydrogen) atoms. The van der Waals surface area contributed by atoms with Crippen molar-refractivity contribution in [2.45, 2.75) is 5.88 Å². The lowest BCUT2D eigenvalue weighted by molar-refractivity contribution is 0.479. The quantitative estimate of drug-likeness (QED) is 0.661. The Morgan fingerprint density at radius 1 is 1.14 bits per heavy atom. The molecule has 3 rings (SSSR count). The van der Waals surface area contributed by atoms with E-state index in [0.29, 0.717) is 22.9 Å². The fourth-order valence-corrected chi connectivity index (χ4v) is 2.24. The molecule has 0 radical (unpaired) electrons. The molecule has 0 unspecified atom stereocenters. The molecule has 0 aliphatic heterocycles. The van der Waals surface area contributed by atoms with E-state index in [4.69, 9.17) is 16.3 Å². The number of pyridine rings is 1. The summed E-state index contributed by atoms with van der Waals surface area (Å²) in [6, 6.07) is 17.2. The van der Waals surface area contributed by atoms with Gasteiger partial charge < -0.3 is 4.74 Å². The maximum absolute atomic E-state index is 9.20. The number of hydrogen-bond donors (Lipinski definition) is 0. The Morgan fingerprint density at radius 3 is 2.81 bits per heavy atom. The van der Waals surface area contributed by atoms with Gasteiger partial charge in [-0.25, -0.2) is 0 Å². The zero-order chi connectivity index (χ0) is 14.7. The van der Waals surface area contributed by atoms with Crippen LogP contribution >= 0.6 is 11.6 Å². The minimum Gasteiger partial charge on any atom is -0.454 e. The third kappa shape index (κ3) is 2.81. The number of halogens is 1. The van der Waals surface area contributed by atoms with Gasteiger partial charge in [0, 0.05) is 11.3 Å². The number of ether oxygens (including phenoxy) is 1. The molecule has 1 aromatic heterocycles. The Balaban J connectivity index is 1.96. The van der Waals surface area contributed by atoms with E-state index in [0.717, 1.165) is 16.5 Å². The first-order valence-electron chi connectivity index (χ1n) is 6.42. The molecule has 102 valence electrons. The summed E-state index contributed by atoms with van der Waals surface area (Å²) in [6.07, 6.45) is 1.65. The summed E-state index contributed by atoms with van der Waals surface area (Å²) in [5.41, 5.74) is 2.25. The maximum Gasteiger partial charge on any atom is 0.146 e. The lowest BCUT2D eigenvalue weighted by Crippen LogP contribution is -1.91. The Morgan fingerprint density at radius 2 is 2.00 bits per heavy atom. The molecule has 0 N–H and O–H groups in total. The molecule has 3 nitrogen and oxygen atoms in total. The largest absolute Gasteiger partial charge is 0.454 e. The summed E-state index contributed by atoms with van der Waals surface area (Å²) in [5.74, 6) is 1.47. The molecule has 3 aromatic rings. The summed E-state index contributed by atoms with van der Waals surface area (Å²) in [4.78, 5) is 4.34. The SMILES string of the molecule is N#Cc1cc(CCl)ccc1Oc1cnc2ccccc2c1. The molecule has 4 heteroatoms. The van der Waals surface area contributed by atoms with Crippen LogP contribution in [0.2, 0.25) is 0 Å². The molecule has 0 aliphatic carbocycles. The fourth-order valence-electron chi connectivity index (χ4n) is 2.07. The predicted molar refractivity (Wildman–Crippen MR) is 82.5 cm³/mol. The smallest absolute Gasteiger partial charge is 0.146 e. The summed E-state index contributed by atoms with van der Waals surface area (Å²) < 4.78 is 5.78. The van der Waals surface area contributed by atoms with E-state index < -0.39 is 0 Å². The molecule has 0 atom stereocenters. The highest BCUT2D eigenvalue weighted by molar-refractivity contribution is 6.17. The van der Waals surface area contributed by atoms with Gasteiger partial charge in [-0.2, -0.15) is 5.26 Å². The molecule has 0 bridgehead atoms. The molecule has 0 saturated carbocycles. The van der Waals surface area contributed by atoms with Crippen LogP contribution in [0.1, 0.15) is 11.1 Å². The van der Waals surface area contributed by atoms with E-state index >= 15 is 0 Å². The van der Waals surface area contributed by atoms with Crippen LogP contribution in [0, 0.1) is 11.3 Å². The van der Waals surface area contributed by atoms with Gasteiger partial charge in [0.15, 0.2) is 0 Å². The van der Waals surface area contributed by atoms with Crippen molar-refractivity contribution >= 4 is 22.5 Å². The molecular formula is C17H11ClN2O. The highest BCUT2D eigenvalue weighted by Gasteiger charge is 2.07. The number of aromatic nitrogens is 1. The zero-order valence-corrected chi connectivity index (χ0v) is 11.8. The first-order chi connectivity index (χ1) is 10.3. The number of rotatable bonds is 3. The maximum atomic E-state index is 9.20. The van der Waals surface area contributed by atoms with Crippen LogP contribution in [0.3, 0.4) is 0 Å². The first-order valence-corrected chi connectivity index (χ1v) is 6.95. The predicted octanol–water partition coefficient (Wildman–Crippen LogP) is 4.64. The number of nitrogens with zero attached hydrogens (tertiary/aromatic N) is 2. The number of para-hydroxylation sites is 1. The van der Waals surface area contributed by atoms with Crippen LogP contribution in [0.15, 0.2) is 54.7 Å². The lowest BCUT2D eigenvalue weighted by atomic mass is 10.1. The van der Waals surface area contributed by atoms with Crippen molar-refractivity contribution in [1.82, 2.24) is 4.98 Å². The van der Waals surface area contributed by atoms with Crippen LogP contribution in [0.25, 0.3) is 10.9 Å². The number of fused-ring (bicyclic) bond motifs is 1. The van der Waals surface area contributed by atoms with Crippen molar-refractivity contribution < 1.29 is 4.74 Å². The lowest BCUT2D eigenvalue weighted by Gasteiger charge is -2.08. The Hall–Kier alpha value is -2.57. The summed E-state index contributed by atoms with van der Waals surface area (Å²) in [5, 5.41) is 10.2. The van der Waals surface area contributed by atoms with Gasteiger partial charge in [0.25, 0.3) is 0 Å². The highest BCUT2D eigenvalue weighted by Crippen LogP contribution is 2.27. The van der Waals surface area contributed by atoms with Crippen LogP contribution in [0.4, 0.5) is 0 Å². The molecule has 2 aromatic carbocycles. The Labute approximate surface area is 127 Å². The minimum atomic E-state index is 0.368. The fraction of sp³-hybridized carbons (Fsp3) is 0.0588. The average Bonchev–Trinajstić information content (AvgIpc) is 2.55. The minimum absolute atomic E-state index is 0.368. The molecular weight excluding hydrogens is 284 g/mol. The number of alkyl halides is 1. The highest BCUT2D eigenvalue weighted by atomic mass is 35.5. The third-order valence-electron chi connectivity index (χ3n) is 3.11. The van der Waals surface area contributed by atoms with E-state index in [1.165, 1.54) is 0 Å². The van der Waals surface area contributed by atoms with E-state index in [1.807, 2.05) is 36.4 Å². The van der Waals surface area contributed by atoms with Crippen molar-refractivity contribution in [2.24, 2.45) is 0 Å². The molecule has 0 saturated heterocycles. The zero-order valence-electron chi connectivity index (χ0n) is 11.1. The molecule has 0 aliphatic rings. The van der Waals surface area contributed by atoms with Crippen LogP contribution in [0.5, 0.6) is 11.5 Å². The van der Waals surface area contributed by atoms with Gasteiger partial charge in [-0.05, 0) is 29.8 Å². The van der Waals surface area contributed by atoms with Gasteiger partial charge in [-0.1, -0.05) is 24.3 Å². The van der Waals surface area contributed by atoms with E-state index in [1.54, 1.807) is 18.3 Å². The third-order valence-corrected chi connectivity index (χ3v) is 3.42. The number of hydrogen-bond acceptors (Lipinski definition) is 3.